The Labute approximate surface area is 123 Å². The number of aliphatic hydroxyl groups excluding tert-OH is 1. The quantitative estimate of drug-likeness (QED) is 0.492. The summed E-state index contributed by atoms with van der Waals surface area (Å²) >= 11 is 1.31. The van der Waals surface area contributed by atoms with Crippen LogP contribution in [0.5, 0.6) is 0 Å². The van der Waals surface area contributed by atoms with E-state index in [1.54, 1.807) is 0 Å². The first kappa shape index (κ1) is 15.3. The maximum Gasteiger partial charge on any atom is 0.192 e. The number of aliphatic hydroxyl groups is 1. The van der Waals surface area contributed by atoms with Crippen LogP contribution in [-0.2, 0) is 14.4 Å². The first-order valence-corrected chi connectivity index (χ1v) is 8.18. The van der Waals surface area contributed by atoms with Crippen molar-refractivity contribution in [3.8, 4) is 0 Å². The molecule has 0 aromatic rings. The van der Waals surface area contributed by atoms with E-state index in [0.29, 0.717) is 12.8 Å². The van der Waals surface area contributed by atoms with E-state index in [1.165, 1.54) is 11.8 Å². The predicted octanol–water partition coefficient (Wildman–Crippen LogP) is 2.82. The lowest BCUT2D eigenvalue weighted by molar-refractivity contribution is -0.127. The second-order valence-electron chi connectivity index (χ2n) is 5.50. The third-order valence-electron chi connectivity index (χ3n) is 4.00. The summed E-state index contributed by atoms with van der Waals surface area (Å²) in [5, 5.41) is 9.95. The second-order valence-corrected chi connectivity index (χ2v) is 6.60. The van der Waals surface area contributed by atoms with Crippen LogP contribution >= 0.6 is 11.8 Å². The Kier molecular flexibility index (Phi) is 5.02. The summed E-state index contributed by atoms with van der Waals surface area (Å²) in [6, 6.07) is 0. The maximum atomic E-state index is 12.1. The van der Waals surface area contributed by atoms with Crippen LogP contribution in [0.1, 0.15) is 45.4 Å². The van der Waals surface area contributed by atoms with Gasteiger partial charge in [0.05, 0.1) is 5.57 Å². The van der Waals surface area contributed by atoms with Crippen molar-refractivity contribution in [3.05, 3.63) is 11.3 Å². The fraction of sp³-hybridized carbons (Fsp3) is 0.667. The molecule has 0 radical (unpaired) electrons. The molecule has 2 aliphatic rings. The van der Waals surface area contributed by atoms with Crippen LogP contribution in [0.2, 0.25) is 0 Å². The van der Waals surface area contributed by atoms with E-state index in [-0.39, 0.29) is 52.7 Å². The van der Waals surface area contributed by atoms with E-state index in [4.69, 9.17) is 0 Å². The summed E-state index contributed by atoms with van der Waals surface area (Å²) in [6.07, 6.45) is 3.21. The summed E-state index contributed by atoms with van der Waals surface area (Å²) < 4.78 is 0. The summed E-state index contributed by atoms with van der Waals surface area (Å²) in [6.45, 7) is 1.88. The van der Waals surface area contributed by atoms with Crippen LogP contribution in [0, 0.1) is 11.8 Å². The molecule has 4 nitrogen and oxygen atoms in total. The van der Waals surface area contributed by atoms with Gasteiger partial charge in [-0.25, -0.2) is 0 Å². The van der Waals surface area contributed by atoms with Gasteiger partial charge in [-0.15, -0.1) is 0 Å². The zero-order chi connectivity index (χ0) is 14.7. The molecule has 1 unspecified atom stereocenters. The molecule has 1 saturated carbocycles. The van der Waals surface area contributed by atoms with Crippen molar-refractivity contribution in [1.29, 1.82) is 0 Å². The van der Waals surface area contributed by atoms with E-state index >= 15 is 0 Å². The lowest BCUT2D eigenvalue weighted by Crippen LogP contribution is -2.35. The van der Waals surface area contributed by atoms with Crippen molar-refractivity contribution in [2.24, 2.45) is 11.8 Å². The van der Waals surface area contributed by atoms with Crippen LogP contribution in [0.15, 0.2) is 11.3 Å². The smallest absolute Gasteiger partial charge is 0.192 e. The average molecular weight is 296 g/mol. The Balaban J connectivity index is 2.13. The Morgan fingerprint density at radius 2 is 1.90 bits per heavy atom. The van der Waals surface area contributed by atoms with Gasteiger partial charge in [0.15, 0.2) is 16.7 Å². The Hall–Kier alpha value is -1.10. The van der Waals surface area contributed by atoms with Crippen molar-refractivity contribution in [1.82, 2.24) is 0 Å². The Morgan fingerprint density at radius 3 is 2.45 bits per heavy atom. The van der Waals surface area contributed by atoms with Crippen molar-refractivity contribution >= 4 is 28.4 Å². The van der Waals surface area contributed by atoms with Gasteiger partial charge >= 0.3 is 0 Å². The molecule has 1 aliphatic carbocycles. The van der Waals surface area contributed by atoms with Crippen molar-refractivity contribution in [2.45, 2.75) is 45.4 Å². The molecular formula is C15H20O4S. The number of carbonyl (C=O) groups is 3. The van der Waals surface area contributed by atoms with Gasteiger partial charge in [0.1, 0.15) is 5.76 Å². The molecule has 2 rings (SSSR count). The number of rotatable bonds is 3. The van der Waals surface area contributed by atoms with Crippen molar-refractivity contribution in [3.63, 3.8) is 0 Å². The predicted molar refractivity (Wildman–Crippen MR) is 77.5 cm³/mol. The lowest BCUT2D eigenvalue weighted by Gasteiger charge is -2.31. The zero-order valence-electron chi connectivity index (χ0n) is 11.7. The number of hydrogen-bond acceptors (Lipinski definition) is 5. The van der Waals surface area contributed by atoms with Gasteiger partial charge in [-0.1, -0.05) is 18.7 Å². The molecule has 2 fully saturated rings. The highest BCUT2D eigenvalue weighted by Gasteiger charge is 2.39. The Bertz CT molecular complexity index is 446. The molecule has 0 spiro atoms. The Morgan fingerprint density at radius 1 is 1.25 bits per heavy atom. The fourth-order valence-corrected chi connectivity index (χ4v) is 4.04. The minimum atomic E-state index is -0.291. The lowest BCUT2D eigenvalue weighted by atomic mass is 9.75. The first-order chi connectivity index (χ1) is 9.54. The zero-order valence-corrected chi connectivity index (χ0v) is 12.5. The molecule has 20 heavy (non-hydrogen) atoms. The third kappa shape index (κ3) is 3.14. The topological polar surface area (TPSA) is 71.4 Å². The molecule has 0 bridgehead atoms. The van der Waals surface area contributed by atoms with Gasteiger partial charge in [0, 0.05) is 30.9 Å². The molecule has 1 atom stereocenters. The van der Waals surface area contributed by atoms with Gasteiger partial charge in [-0.3, -0.25) is 14.4 Å². The molecule has 0 aromatic heterocycles. The average Bonchev–Trinajstić information content (AvgIpc) is 2.38. The molecule has 1 saturated heterocycles. The molecule has 5 heteroatoms. The van der Waals surface area contributed by atoms with Gasteiger partial charge in [-0.2, -0.15) is 0 Å². The van der Waals surface area contributed by atoms with E-state index in [2.05, 4.69) is 0 Å². The largest absolute Gasteiger partial charge is 0.511 e. The molecule has 1 aliphatic heterocycles. The number of thioether (sulfide) groups is 1. The second kappa shape index (κ2) is 6.57. The van der Waals surface area contributed by atoms with Gasteiger partial charge in [0.2, 0.25) is 0 Å². The maximum absolute atomic E-state index is 12.1. The highest BCUT2D eigenvalue weighted by atomic mass is 32.2. The fourth-order valence-electron chi connectivity index (χ4n) is 3.01. The van der Waals surface area contributed by atoms with Crippen LogP contribution in [0.25, 0.3) is 0 Å². The van der Waals surface area contributed by atoms with E-state index in [1.807, 2.05) is 6.92 Å². The molecule has 0 amide bonds. The van der Waals surface area contributed by atoms with Crippen LogP contribution in [-0.4, -0.2) is 27.5 Å². The highest BCUT2D eigenvalue weighted by Crippen LogP contribution is 2.37. The van der Waals surface area contributed by atoms with Gasteiger partial charge < -0.3 is 5.11 Å². The van der Waals surface area contributed by atoms with Crippen LogP contribution in [0.3, 0.4) is 0 Å². The standard InChI is InChI=1S/C15H20O4S/c1-2-4-11(16)14-12(17)7-9(8-13(14)18)10-5-3-6-20-15(10)19/h9-10,16H,2-8H2,1H3. The summed E-state index contributed by atoms with van der Waals surface area (Å²) in [7, 11) is 0. The number of allylic oxidation sites excluding steroid dienone is 2. The molecular weight excluding hydrogens is 276 g/mol. The van der Waals surface area contributed by atoms with Crippen LogP contribution in [0.4, 0.5) is 0 Å². The monoisotopic (exact) mass is 296 g/mol. The van der Waals surface area contributed by atoms with E-state index in [0.717, 1.165) is 18.6 Å². The SMILES string of the molecule is CCCC(O)=C1C(=O)CC(C2CCCSC2=O)CC1=O. The highest BCUT2D eigenvalue weighted by molar-refractivity contribution is 8.13. The number of hydrogen-bond donors (Lipinski definition) is 1. The summed E-state index contributed by atoms with van der Waals surface area (Å²) in [5.74, 6) is -0.164. The van der Waals surface area contributed by atoms with E-state index in [9.17, 15) is 19.5 Å². The molecule has 1 N–H and O–H groups in total. The number of ketones is 2. The third-order valence-corrected chi connectivity index (χ3v) is 5.08. The number of Topliss-reactive ketones (excluding diaryl/α,β-unsaturated/α-hetero) is 2. The van der Waals surface area contributed by atoms with E-state index < -0.39 is 0 Å². The van der Waals surface area contributed by atoms with Crippen molar-refractivity contribution in [2.75, 3.05) is 5.75 Å². The van der Waals surface area contributed by atoms with Crippen molar-refractivity contribution < 1.29 is 19.5 Å². The van der Waals surface area contributed by atoms with Gasteiger partial charge in [0.25, 0.3) is 0 Å². The molecule has 1 heterocycles. The minimum Gasteiger partial charge on any atom is -0.511 e. The molecule has 110 valence electrons. The number of carbonyl (C=O) groups excluding carboxylic acids is 3. The summed E-state index contributed by atoms with van der Waals surface area (Å²) in [5.41, 5.74) is -0.0148. The normalized spacial score (nSPS) is 27.9. The molecule has 0 aromatic carbocycles. The van der Waals surface area contributed by atoms with Gasteiger partial charge in [-0.05, 0) is 25.2 Å². The van der Waals surface area contributed by atoms with Crippen LogP contribution < -0.4 is 0 Å². The minimum absolute atomic E-state index is 0.0148. The summed E-state index contributed by atoms with van der Waals surface area (Å²) in [4.78, 5) is 36.2. The first-order valence-electron chi connectivity index (χ1n) is 7.19.